The predicted molar refractivity (Wildman–Crippen MR) is 77.8 cm³/mol. The molecule has 0 amide bonds. The largest absolute Gasteiger partial charge is 0.337 e. The molecular formula is C12H21N3S2. The molecule has 1 aliphatic heterocycles. The summed E-state index contributed by atoms with van der Waals surface area (Å²) < 4.78 is 2.15. The zero-order valence-electron chi connectivity index (χ0n) is 10.6. The first-order valence-electron chi connectivity index (χ1n) is 6.23. The monoisotopic (exact) mass is 271 g/mol. The van der Waals surface area contributed by atoms with Crippen molar-refractivity contribution >= 4 is 23.5 Å². The topological polar surface area (TPSA) is 29.9 Å². The van der Waals surface area contributed by atoms with Gasteiger partial charge >= 0.3 is 0 Å². The number of imidazole rings is 1. The van der Waals surface area contributed by atoms with Crippen molar-refractivity contribution in [1.29, 1.82) is 0 Å². The molecule has 1 aromatic rings. The fourth-order valence-electron chi connectivity index (χ4n) is 2.06. The molecule has 2 heterocycles. The lowest BCUT2D eigenvalue weighted by molar-refractivity contribution is 0.493. The van der Waals surface area contributed by atoms with Gasteiger partial charge in [-0.3, -0.25) is 0 Å². The summed E-state index contributed by atoms with van der Waals surface area (Å²) in [7, 11) is 2.09. The molecule has 0 aliphatic carbocycles. The molecule has 0 spiro atoms. The highest BCUT2D eigenvalue weighted by molar-refractivity contribution is 8.06. The van der Waals surface area contributed by atoms with Gasteiger partial charge in [-0.05, 0) is 13.0 Å². The minimum Gasteiger partial charge on any atom is -0.337 e. The van der Waals surface area contributed by atoms with Crippen molar-refractivity contribution in [3.05, 3.63) is 18.2 Å². The number of aromatic nitrogens is 2. The fraction of sp³-hybridized carbons (Fsp3) is 0.750. The summed E-state index contributed by atoms with van der Waals surface area (Å²) in [5, 5.41) is 4.32. The maximum atomic E-state index is 4.52. The van der Waals surface area contributed by atoms with E-state index in [-0.39, 0.29) is 0 Å². The maximum Gasteiger partial charge on any atom is 0.126 e. The van der Waals surface area contributed by atoms with Crippen LogP contribution in [-0.4, -0.2) is 38.6 Å². The highest BCUT2D eigenvalue weighted by Gasteiger charge is 2.27. The Balaban J connectivity index is 2.09. The van der Waals surface area contributed by atoms with Crippen molar-refractivity contribution in [2.24, 2.45) is 7.05 Å². The van der Waals surface area contributed by atoms with E-state index in [1.54, 1.807) is 0 Å². The van der Waals surface area contributed by atoms with Crippen molar-refractivity contribution in [3.63, 3.8) is 0 Å². The Morgan fingerprint density at radius 2 is 2.47 bits per heavy atom. The van der Waals surface area contributed by atoms with E-state index in [9.17, 15) is 0 Å². The van der Waals surface area contributed by atoms with E-state index in [4.69, 9.17) is 0 Å². The third-order valence-electron chi connectivity index (χ3n) is 2.96. The highest BCUT2D eigenvalue weighted by Crippen LogP contribution is 2.32. The summed E-state index contributed by atoms with van der Waals surface area (Å²) in [4.78, 5) is 4.52. The van der Waals surface area contributed by atoms with Crippen molar-refractivity contribution < 1.29 is 0 Å². The normalized spacial score (nSPS) is 22.6. The smallest absolute Gasteiger partial charge is 0.126 e. The third-order valence-corrected chi connectivity index (χ3v) is 5.83. The Morgan fingerprint density at radius 1 is 1.59 bits per heavy atom. The molecule has 2 unspecified atom stereocenters. The Hall–Kier alpha value is -0.130. The summed E-state index contributed by atoms with van der Waals surface area (Å²) >= 11 is 4.16. The molecule has 2 rings (SSSR count). The van der Waals surface area contributed by atoms with E-state index in [0.29, 0.717) is 11.3 Å². The molecule has 1 fully saturated rings. The van der Waals surface area contributed by atoms with Gasteiger partial charge in [-0.15, -0.1) is 0 Å². The van der Waals surface area contributed by atoms with Crippen LogP contribution in [0.15, 0.2) is 12.4 Å². The lowest BCUT2D eigenvalue weighted by Gasteiger charge is -2.29. The highest BCUT2D eigenvalue weighted by atomic mass is 32.2. The molecule has 96 valence electrons. The SMILES string of the molecule is CCCNC(c1nccn1C)C1CSCCS1. The molecule has 0 radical (unpaired) electrons. The molecule has 1 aliphatic rings. The molecule has 0 aromatic carbocycles. The van der Waals surface area contributed by atoms with E-state index in [2.05, 4.69) is 52.4 Å². The van der Waals surface area contributed by atoms with Crippen LogP contribution < -0.4 is 5.32 Å². The first kappa shape index (κ1) is 13.3. The Kier molecular flexibility index (Phi) is 5.25. The number of nitrogens with one attached hydrogen (secondary N) is 1. The van der Waals surface area contributed by atoms with Crippen LogP contribution >= 0.6 is 23.5 Å². The quantitative estimate of drug-likeness (QED) is 0.890. The first-order chi connectivity index (χ1) is 8.33. The number of rotatable bonds is 5. The van der Waals surface area contributed by atoms with Crippen molar-refractivity contribution in [1.82, 2.24) is 14.9 Å². The van der Waals surface area contributed by atoms with Crippen LogP contribution in [0.2, 0.25) is 0 Å². The molecular weight excluding hydrogens is 250 g/mol. The van der Waals surface area contributed by atoms with Gasteiger partial charge < -0.3 is 9.88 Å². The number of hydrogen-bond donors (Lipinski definition) is 1. The van der Waals surface area contributed by atoms with Gasteiger partial charge in [-0.2, -0.15) is 23.5 Å². The molecule has 0 saturated carbocycles. The molecule has 0 bridgehead atoms. The molecule has 17 heavy (non-hydrogen) atoms. The molecule has 3 nitrogen and oxygen atoms in total. The number of aryl methyl sites for hydroxylation is 1. The summed E-state index contributed by atoms with van der Waals surface area (Å²) in [6, 6.07) is 0.396. The first-order valence-corrected chi connectivity index (χ1v) is 8.43. The standard InChI is InChI=1S/C12H21N3S2/c1-3-4-13-11(10-9-16-7-8-17-10)12-14-5-6-15(12)2/h5-6,10-11,13H,3-4,7-9H2,1-2H3. The zero-order valence-corrected chi connectivity index (χ0v) is 12.2. The van der Waals surface area contributed by atoms with Crippen molar-refractivity contribution in [2.45, 2.75) is 24.6 Å². The van der Waals surface area contributed by atoms with Crippen LogP contribution in [0.3, 0.4) is 0 Å². The second-order valence-electron chi connectivity index (χ2n) is 4.31. The van der Waals surface area contributed by atoms with Gasteiger partial charge in [0.2, 0.25) is 0 Å². The van der Waals surface area contributed by atoms with Crippen LogP contribution in [-0.2, 0) is 7.05 Å². The number of nitrogens with zero attached hydrogens (tertiary/aromatic N) is 2. The summed E-state index contributed by atoms with van der Waals surface area (Å²) in [5.74, 6) is 4.98. The van der Waals surface area contributed by atoms with Gasteiger partial charge in [0.15, 0.2) is 0 Å². The average molecular weight is 271 g/mol. The van der Waals surface area contributed by atoms with Gasteiger partial charge in [-0.25, -0.2) is 4.98 Å². The maximum absolute atomic E-state index is 4.52. The van der Waals surface area contributed by atoms with Crippen LogP contribution in [0.25, 0.3) is 0 Å². The molecule has 1 N–H and O–H groups in total. The van der Waals surface area contributed by atoms with E-state index >= 15 is 0 Å². The lowest BCUT2D eigenvalue weighted by Crippen LogP contribution is -2.35. The van der Waals surface area contributed by atoms with Crippen LogP contribution in [0.5, 0.6) is 0 Å². The fourth-order valence-corrected chi connectivity index (χ4v) is 4.90. The molecule has 2 atom stereocenters. The van der Waals surface area contributed by atoms with Gasteiger partial charge in [0, 0.05) is 41.9 Å². The van der Waals surface area contributed by atoms with Crippen molar-refractivity contribution in [2.75, 3.05) is 23.8 Å². The Bertz CT molecular complexity index is 334. The third kappa shape index (κ3) is 3.42. The lowest BCUT2D eigenvalue weighted by atomic mass is 10.2. The average Bonchev–Trinajstić information content (AvgIpc) is 2.78. The van der Waals surface area contributed by atoms with Crippen LogP contribution in [0, 0.1) is 0 Å². The molecule has 1 aromatic heterocycles. The van der Waals surface area contributed by atoms with Gasteiger partial charge in [0.05, 0.1) is 6.04 Å². The molecule has 5 heteroatoms. The van der Waals surface area contributed by atoms with E-state index in [1.807, 2.05) is 12.4 Å². The summed E-state index contributed by atoms with van der Waals surface area (Å²) in [6.45, 7) is 3.28. The van der Waals surface area contributed by atoms with Crippen LogP contribution in [0.4, 0.5) is 0 Å². The number of hydrogen-bond acceptors (Lipinski definition) is 4. The van der Waals surface area contributed by atoms with Gasteiger partial charge in [0.25, 0.3) is 0 Å². The Morgan fingerprint density at radius 3 is 3.06 bits per heavy atom. The predicted octanol–water partition coefficient (Wildman–Crippen LogP) is 2.31. The van der Waals surface area contributed by atoms with Crippen molar-refractivity contribution in [3.8, 4) is 0 Å². The van der Waals surface area contributed by atoms with Gasteiger partial charge in [-0.1, -0.05) is 6.92 Å². The molecule has 1 saturated heterocycles. The summed E-state index contributed by atoms with van der Waals surface area (Å²) in [5.41, 5.74) is 0. The van der Waals surface area contributed by atoms with E-state index < -0.39 is 0 Å². The van der Waals surface area contributed by atoms with E-state index in [0.717, 1.165) is 6.54 Å². The minimum absolute atomic E-state index is 0.396. The Labute approximate surface area is 112 Å². The summed E-state index contributed by atoms with van der Waals surface area (Å²) in [6.07, 6.45) is 5.11. The van der Waals surface area contributed by atoms with E-state index in [1.165, 1.54) is 29.5 Å². The zero-order chi connectivity index (χ0) is 12.1. The number of thioether (sulfide) groups is 2. The van der Waals surface area contributed by atoms with Crippen LogP contribution in [0.1, 0.15) is 25.2 Å². The second kappa shape index (κ2) is 6.71. The van der Waals surface area contributed by atoms with Gasteiger partial charge in [0.1, 0.15) is 5.82 Å². The second-order valence-corrected chi connectivity index (χ2v) is 6.81. The minimum atomic E-state index is 0.396.